The van der Waals surface area contributed by atoms with Gasteiger partial charge in [-0.25, -0.2) is 22.8 Å². The Kier molecular flexibility index (Phi) is 6.08. The van der Waals surface area contributed by atoms with Crippen molar-refractivity contribution >= 4 is 22.6 Å². The third-order valence-corrected chi connectivity index (χ3v) is 5.33. The number of carbonyl (C=O) groups excluding carboxylic acids is 1. The smallest absolute Gasteiger partial charge is 0.255 e. The number of rotatable bonds is 6. The van der Waals surface area contributed by atoms with Gasteiger partial charge >= 0.3 is 0 Å². The maximum atomic E-state index is 13.9. The molecule has 0 radical (unpaired) electrons. The fourth-order valence-electron chi connectivity index (χ4n) is 3.61. The second-order valence-corrected chi connectivity index (χ2v) is 7.29. The van der Waals surface area contributed by atoms with E-state index in [0.29, 0.717) is 36.5 Å². The van der Waals surface area contributed by atoms with E-state index in [9.17, 15) is 18.0 Å². The number of nitrogens with one attached hydrogen (secondary N) is 2. The molecular formula is C21H22F3N5O2. The average molecular weight is 433 g/mol. The lowest BCUT2D eigenvalue weighted by Gasteiger charge is -2.25. The molecule has 31 heavy (non-hydrogen) atoms. The Bertz CT molecular complexity index is 1110. The van der Waals surface area contributed by atoms with E-state index in [-0.39, 0.29) is 23.7 Å². The van der Waals surface area contributed by atoms with Crippen LogP contribution >= 0.6 is 0 Å². The molecule has 1 fully saturated rings. The summed E-state index contributed by atoms with van der Waals surface area (Å²) in [4.78, 5) is 17.3. The highest BCUT2D eigenvalue weighted by Crippen LogP contribution is 2.28. The number of pyridine rings is 1. The number of ether oxygens (including phenoxy) is 1. The summed E-state index contributed by atoms with van der Waals surface area (Å²) in [5, 5.41) is 11.0. The van der Waals surface area contributed by atoms with Crippen molar-refractivity contribution in [3.63, 3.8) is 0 Å². The SMILES string of the molecule is CCn1ncc2c(NC3CCOCC3)c(C(=O)NCc3ccc(F)c(F)c3F)cnc21. The summed E-state index contributed by atoms with van der Waals surface area (Å²) in [7, 11) is 0. The monoisotopic (exact) mass is 433 g/mol. The van der Waals surface area contributed by atoms with Crippen molar-refractivity contribution in [3.8, 4) is 0 Å². The second-order valence-electron chi connectivity index (χ2n) is 7.29. The Morgan fingerprint density at radius 1 is 1.19 bits per heavy atom. The molecule has 4 rings (SSSR count). The molecule has 7 nitrogen and oxygen atoms in total. The van der Waals surface area contributed by atoms with E-state index in [1.165, 1.54) is 6.20 Å². The van der Waals surface area contributed by atoms with E-state index >= 15 is 0 Å². The van der Waals surface area contributed by atoms with Gasteiger partial charge in [0.2, 0.25) is 0 Å². The minimum absolute atomic E-state index is 0.111. The first kappa shape index (κ1) is 21.1. The van der Waals surface area contributed by atoms with Gasteiger partial charge in [0.15, 0.2) is 23.1 Å². The topological polar surface area (TPSA) is 81.1 Å². The second kappa shape index (κ2) is 8.93. The number of nitrogens with zero attached hydrogens (tertiary/aromatic N) is 3. The molecular weight excluding hydrogens is 411 g/mol. The molecule has 0 atom stereocenters. The molecule has 1 aromatic carbocycles. The maximum Gasteiger partial charge on any atom is 0.255 e. The normalized spacial score (nSPS) is 14.7. The fourth-order valence-corrected chi connectivity index (χ4v) is 3.61. The zero-order valence-corrected chi connectivity index (χ0v) is 16.9. The van der Waals surface area contributed by atoms with Gasteiger partial charge in [0.25, 0.3) is 5.91 Å². The minimum atomic E-state index is -1.57. The molecule has 1 amide bonds. The highest BCUT2D eigenvalue weighted by Gasteiger charge is 2.22. The Labute approximate surface area is 176 Å². The van der Waals surface area contributed by atoms with Gasteiger partial charge in [-0.05, 0) is 25.8 Å². The third kappa shape index (κ3) is 4.20. The number of benzene rings is 1. The van der Waals surface area contributed by atoms with Crippen molar-refractivity contribution in [2.75, 3.05) is 18.5 Å². The van der Waals surface area contributed by atoms with Crippen LogP contribution in [0.15, 0.2) is 24.5 Å². The summed E-state index contributed by atoms with van der Waals surface area (Å²) in [6.45, 7) is 3.50. The largest absolute Gasteiger partial charge is 0.381 e. The molecule has 2 N–H and O–H groups in total. The predicted octanol–water partition coefficient (Wildman–Crippen LogP) is 3.39. The van der Waals surface area contributed by atoms with E-state index in [4.69, 9.17) is 4.74 Å². The highest BCUT2D eigenvalue weighted by molar-refractivity contribution is 6.06. The lowest BCUT2D eigenvalue weighted by molar-refractivity contribution is 0.0904. The number of amides is 1. The first-order chi connectivity index (χ1) is 15.0. The van der Waals surface area contributed by atoms with Crippen LogP contribution in [0.1, 0.15) is 35.7 Å². The van der Waals surface area contributed by atoms with Gasteiger partial charge in [-0.2, -0.15) is 5.10 Å². The number of hydrogen-bond acceptors (Lipinski definition) is 5. The molecule has 0 saturated carbocycles. The van der Waals surface area contributed by atoms with E-state index in [1.54, 1.807) is 10.9 Å². The zero-order chi connectivity index (χ0) is 22.0. The molecule has 0 bridgehead atoms. The van der Waals surface area contributed by atoms with Crippen LogP contribution in [0.25, 0.3) is 11.0 Å². The lowest BCUT2D eigenvalue weighted by atomic mass is 10.1. The molecule has 0 aliphatic carbocycles. The number of aromatic nitrogens is 3. The van der Waals surface area contributed by atoms with Gasteiger partial charge in [-0.15, -0.1) is 0 Å². The molecule has 164 valence electrons. The van der Waals surface area contributed by atoms with Crippen molar-refractivity contribution < 1.29 is 22.7 Å². The van der Waals surface area contributed by atoms with Crippen molar-refractivity contribution in [3.05, 3.63) is 53.1 Å². The van der Waals surface area contributed by atoms with Crippen LogP contribution in [0.4, 0.5) is 18.9 Å². The van der Waals surface area contributed by atoms with Crippen molar-refractivity contribution in [1.82, 2.24) is 20.1 Å². The number of carbonyl (C=O) groups is 1. The summed E-state index contributed by atoms with van der Waals surface area (Å²) in [5.74, 6) is -4.68. The summed E-state index contributed by atoms with van der Waals surface area (Å²) < 4.78 is 47.7. The lowest BCUT2D eigenvalue weighted by Crippen LogP contribution is -2.30. The predicted molar refractivity (Wildman–Crippen MR) is 108 cm³/mol. The van der Waals surface area contributed by atoms with Crippen LogP contribution in [0, 0.1) is 17.5 Å². The number of halogens is 3. The Morgan fingerprint density at radius 3 is 2.71 bits per heavy atom. The Balaban J connectivity index is 1.63. The van der Waals surface area contributed by atoms with E-state index in [1.807, 2.05) is 6.92 Å². The first-order valence-electron chi connectivity index (χ1n) is 10.1. The summed E-state index contributed by atoms with van der Waals surface area (Å²) in [6, 6.07) is 2.03. The summed E-state index contributed by atoms with van der Waals surface area (Å²) in [5.41, 5.74) is 1.33. The van der Waals surface area contributed by atoms with Gasteiger partial charge in [-0.1, -0.05) is 6.07 Å². The standard InChI is InChI=1S/C21H22F3N5O2/c1-2-29-20-14(11-27-29)19(28-13-5-7-31-8-6-13)15(10-25-20)21(30)26-9-12-3-4-16(22)18(24)17(12)23/h3-4,10-11,13H,2,5-9H2,1H3,(H,25,28)(H,26,30). The van der Waals surface area contributed by atoms with Crippen LogP contribution in [0.3, 0.4) is 0 Å². The molecule has 1 saturated heterocycles. The van der Waals surface area contributed by atoms with Crippen LogP contribution in [0.2, 0.25) is 0 Å². The Morgan fingerprint density at radius 2 is 1.97 bits per heavy atom. The molecule has 2 aromatic heterocycles. The molecule has 3 heterocycles. The maximum absolute atomic E-state index is 13.9. The number of fused-ring (bicyclic) bond motifs is 1. The summed E-state index contributed by atoms with van der Waals surface area (Å²) >= 11 is 0. The van der Waals surface area contributed by atoms with Crippen molar-refractivity contribution in [1.29, 1.82) is 0 Å². The number of hydrogen-bond donors (Lipinski definition) is 2. The van der Waals surface area contributed by atoms with Gasteiger partial charge in [0, 0.05) is 44.1 Å². The zero-order valence-electron chi connectivity index (χ0n) is 16.9. The van der Waals surface area contributed by atoms with Crippen LogP contribution in [-0.4, -0.2) is 39.9 Å². The van der Waals surface area contributed by atoms with Gasteiger partial charge < -0.3 is 15.4 Å². The molecule has 1 aliphatic heterocycles. The Hall–Kier alpha value is -3.14. The summed E-state index contributed by atoms with van der Waals surface area (Å²) in [6.07, 6.45) is 4.66. The third-order valence-electron chi connectivity index (χ3n) is 5.33. The van der Waals surface area contributed by atoms with Gasteiger partial charge in [-0.3, -0.25) is 4.79 Å². The fraction of sp³-hybridized carbons (Fsp3) is 0.381. The van der Waals surface area contributed by atoms with Crippen LogP contribution in [-0.2, 0) is 17.8 Å². The van der Waals surface area contributed by atoms with Crippen molar-refractivity contribution in [2.45, 2.75) is 38.9 Å². The first-order valence-corrected chi connectivity index (χ1v) is 10.1. The number of anilines is 1. The van der Waals surface area contributed by atoms with E-state index in [0.717, 1.165) is 25.0 Å². The quantitative estimate of drug-likeness (QED) is 0.583. The molecule has 0 unspecified atom stereocenters. The van der Waals surface area contributed by atoms with Gasteiger partial charge in [0.05, 0.1) is 22.8 Å². The number of aryl methyl sites for hydroxylation is 1. The molecule has 0 spiro atoms. The van der Waals surface area contributed by atoms with Crippen LogP contribution < -0.4 is 10.6 Å². The van der Waals surface area contributed by atoms with E-state index < -0.39 is 23.4 Å². The van der Waals surface area contributed by atoms with E-state index in [2.05, 4.69) is 20.7 Å². The highest BCUT2D eigenvalue weighted by atomic mass is 19.2. The average Bonchev–Trinajstić information content (AvgIpc) is 3.21. The molecule has 1 aliphatic rings. The van der Waals surface area contributed by atoms with Crippen molar-refractivity contribution in [2.24, 2.45) is 0 Å². The van der Waals surface area contributed by atoms with Crippen LogP contribution in [0.5, 0.6) is 0 Å². The molecule has 3 aromatic rings. The van der Waals surface area contributed by atoms with Gasteiger partial charge in [0.1, 0.15) is 0 Å². The minimum Gasteiger partial charge on any atom is -0.381 e. The molecule has 10 heteroatoms.